The quantitative estimate of drug-likeness (QED) is 0.784. The van der Waals surface area contributed by atoms with Gasteiger partial charge >= 0.3 is 0 Å². The van der Waals surface area contributed by atoms with Crippen LogP contribution in [0.5, 0.6) is 0 Å². The zero-order valence-corrected chi connectivity index (χ0v) is 13.6. The van der Waals surface area contributed by atoms with Crippen LogP contribution in [0.15, 0.2) is 40.9 Å². The summed E-state index contributed by atoms with van der Waals surface area (Å²) in [5.41, 5.74) is 5.77. The Bertz CT molecular complexity index is 832. The molecule has 0 saturated heterocycles. The van der Waals surface area contributed by atoms with Crippen LogP contribution in [-0.2, 0) is 19.5 Å². The van der Waals surface area contributed by atoms with E-state index in [4.69, 9.17) is 4.42 Å². The highest BCUT2D eigenvalue weighted by Crippen LogP contribution is 2.24. The number of hydrogen-bond acceptors (Lipinski definition) is 7. The van der Waals surface area contributed by atoms with Crippen molar-refractivity contribution >= 4 is 22.4 Å². The van der Waals surface area contributed by atoms with Crippen LogP contribution >= 0.6 is 11.3 Å². The molecule has 1 aliphatic heterocycles. The van der Waals surface area contributed by atoms with Crippen molar-refractivity contribution in [2.45, 2.75) is 19.5 Å². The molecule has 8 heteroatoms. The Morgan fingerprint density at radius 3 is 3.17 bits per heavy atom. The molecule has 0 atom stereocenters. The average Bonchev–Trinajstić information content (AvgIpc) is 3.32. The second-order valence-electron chi connectivity index (χ2n) is 5.52. The van der Waals surface area contributed by atoms with E-state index >= 15 is 0 Å². The summed E-state index contributed by atoms with van der Waals surface area (Å²) in [7, 11) is 0. The van der Waals surface area contributed by atoms with Gasteiger partial charge in [-0.1, -0.05) is 11.3 Å². The highest BCUT2D eigenvalue weighted by atomic mass is 32.1. The third-order valence-electron chi connectivity index (χ3n) is 4.07. The van der Waals surface area contributed by atoms with Gasteiger partial charge in [-0.3, -0.25) is 9.78 Å². The first-order valence-electron chi connectivity index (χ1n) is 7.57. The lowest BCUT2D eigenvalue weighted by Crippen LogP contribution is -2.36. The first-order chi connectivity index (χ1) is 11.8. The number of rotatable bonds is 4. The molecule has 0 unspecified atom stereocenters. The summed E-state index contributed by atoms with van der Waals surface area (Å²) < 4.78 is 5.00. The number of carbonyl (C=O) groups excluding carboxylic acids is 1. The van der Waals surface area contributed by atoms with Gasteiger partial charge in [0.15, 0.2) is 0 Å². The summed E-state index contributed by atoms with van der Waals surface area (Å²) in [6.07, 6.45) is 7.54. The molecule has 0 aliphatic carbocycles. The molecule has 0 aromatic carbocycles. The molecule has 3 aromatic heterocycles. The van der Waals surface area contributed by atoms with E-state index in [1.54, 1.807) is 11.6 Å². The second-order valence-corrected chi connectivity index (χ2v) is 6.36. The third kappa shape index (κ3) is 2.88. The fourth-order valence-electron chi connectivity index (χ4n) is 2.88. The van der Waals surface area contributed by atoms with E-state index in [2.05, 4.69) is 20.5 Å². The van der Waals surface area contributed by atoms with Crippen LogP contribution in [0.25, 0.3) is 0 Å². The molecule has 3 aromatic rings. The normalized spacial score (nSPS) is 13.6. The van der Waals surface area contributed by atoms with Crippen LogP contribution in [0.1, 0.15) is 27.0 Å². The number of amides is 1. The maximum atomic E-state index is 12.5. The molecule has 0 bridgehead atoms. The van der Waals surface area contributed by atoms with Gasteiger partial charge in [0.2, 0.25) is 5.13 Å². The van der Waals surface area contributed by atoms with Crippen LogP contribution in [0.4, 0.5) is 5.13 Å². The average molecular weight is 341 g/mol. The lowest BCUT2D eigenvalue weighted by Gasteiger charge is -2.29. The Kier molecular flexibility index (Phi) is 3.96. The number of fused-ring (bicyclic) bond motifs is 1. The minimum atomic E-state index is -0.00760. The number of furan rings is 1. The second kappa shape index (κ2) is 6.40. The van der Waals surface area contributed by atoms with E-state index < -0.39 is 0 Å². The van der Waals surface area contributed by atoms with E-state index in [1.807, 2.05) is 17.3 Å². The summed E-state index contributed by atoms with van der Waals surface area (Å²) in [6.45, 7) is 1.91. The fourth-order valence-corrected chi connectivity index (χ4v) is 3.33. The zero-order chi connectivity index (χ0) is 16.4. The number of anilines is 1. The van der Waals surface area contributed by atoms with Gasteiger partial charge in [0, 0.05) is 32.0 Å². The Morgan fingerprint density at radius 2 is 2.38 bits per heavy atom. The Morgan fingerprint density at radius 1 is 1.42 bits per heavy atom. The smallest absolute Gasteiger partial charge is 0.257 e. The molecule has 1 amide bonds. The predicted octanol–water partition coefficient (Wildman–Crippen LogP) is 2.34. The van der Waals surface area contributed by atoms with E-state index in [0.717, 1.165) is 22.7 Å². The van der Waals surface area contributed by atoms with Gasteiger partial charge < -0.3 is 14.6 Å². The maximum absolute atomic E-state index is 12.5. The minimum Gasteiger partial charge on any atom is -0.472 e. The third-order valence-corrected chi connectivity index (χ3v) is 4.72. The predicted molar refractivity (Wildman–Crippen MR) is 88.6 cm³/mol. The van der Waals surface area contributed by atoms with Crippen LogP contribution < -0.4 is 5.32 Å². The summed E-state index contributed by atoms with van der Waals surface area (Å²) in [4.78, 5) is 18.6. The number of aromatic nitrogens is 3. The Labute approximate surface area is 142 Å². The molecular weight excluding hydrogens is 326 g/mol. The van der Waals surface area contributed by atoms with Gasteiger partial charge in [0.1, 0.15) is 11.8 Å². The van der Waals surface area contributed by atoms with Crippen molar-refractivity contribution in [2.75, 3.05) is 11.9 Å². The summed E-state index contributed by atoms with van der Waals surface area (Å²) >= 11 is 1.47. The zero-order valence-electron chi connectivity index (χ0n) is 12.8. The largest absolute Gasteiger partial charge is 0.472 e. The topological polar surface area (TPSA) is 84.2 Å². The summed E-state index contributed by atoms with van der Waals surface area (Å²) in [5, 5.41) is 11.8. The molecular formula is C16H15N5O2S. The van der Waals surface area contributed by atoms with Crippen LogP contribution in [0.3, 0.4) is 0 Å². The van der Waals surface area contributed by atoms with Crippen molar-refractivity contribution in [3.63, 3.8) is 0 Å². The van der Waals surface area contributed by atoms with Gasteiger partial charge in [-0.2, -0.15) is 0 Å². The van der Waals surface area contributed by atoms with Crippen molar-refractivity contribution in [2.24, 2.45) is 0 Å². The lowest BCUT2D eigenvalue weighted by atomic mass is 9.96. The van der Waals surface area contributed by atoms with E-state index in [9.17, 15) is 4.79 Å². The monoisotopic (exact) mass is 341 g/mol. The molecule has 0 saturated carbocycles. The Balaban J connectivity index is 1.50. The summed E-state index contributed by atoms with van der Waals surface area (Å²) in [6, 6.07) is 1.69. The molecule has 122 valence electrons. The first-order valence-corrected chi connectivity index (χ1v) is 8.45. The molecule has 0 spiro atoms. The van der Waals surface area contributed by atoms with Gasteiger partial charge in [-0.15, -0.1) is 10.2 Å². The lowest BCUT2D eigenvalue weighted by molar-refractivity contribution is 0.0733. The molecule has 1 aliphatic rings. The van der Waals surface area contributed by atoms with E-state index in [-0.39, 0.29) is 5.91 Å². The van der Waals surface area contributed by atoms with Crippen molar-refractivity contribution in [3.05, 3.63) is 58.8 Å². The van der Waals surface area contributed by atoms with Crippen LogP contribution in [-0.4, -0.2) is 32.5 Å². The molecule has 0 radical (unpaired) electrons. The van der Waals surface area contributed by atoms with E-state index in [0.29, 0.717) is 25.2 Å². The van der Waals surface area contributed by atoms with Gasteiger partial charge in [0.25, 0.3) is 5.91 Å². The molecule has 1 N–H and O–H groups in total. The molecule has 0 fully saturated rings. The van der Waals surface area contributed by atoms with Crippen molar-refractivity contribution < 1.29 is 9.21 Å². The summed E-state index contributed by atoms with van der Waals surface area (Å²) in [5.74, 6) is -0.00760. The number of hydrogen-bond donors (Lipinski definition) is 1. The van der Waals surface area contributed by atoms with Gasteiger partial charge in [0.05, 0.1) is 11.8 Å². The fraction of sp³-hybridized carbons (Fsp3) is 0.250. The number of nitrogens with one attached hydrogen (secondary N) is 1. The number of pyridine rings is 1. The highest BCUT2D eigenvalue weighted by Gasteiger charge is 2.24. The van der Waals surface area contributed by atoms with Crippen molar-refractivity contribution in [1.29, 1.82) is 0 Å². The van der Waals surface area contributed by atoms with Crippen molar-refractivity contribution in [1.82, 2.24) is 20.1 Å². The van der Waals surface area contributed by atoms with Gasteiger partial charge in [-0.05, 0) is 29.2 Å². The van der Waals surface area contributed by atoms with Gasteiger partial charge in [-0.25, -0.2) is 0 Å². The van der Waals surface area contributed by atoms with Crippen molar-refractivity contribution in [3.8, 4) is 0 Å². The molecule has 4 rings (SSSR count). The maximum Gasteiger partial charge on any atom is 0.257 e. The molecule has 7 nitrogen and oxygen atoms in total. The first kappa shape index (κ1) is 14.8. The molecule has 24 heavy (non-hydrogen) atoms. The Hall–Kier alpha value is -2.74. The highest BCUT2D eigenvalue weighted by molar-refractivity contribution is 7.13. The number of nitrogens with zero attached hydrogens (tertiary/aromatic N) is 4. The SMILES string of the molecule is O=C(c1ccoc1)N1CCc2c(CNc3nncs3)cncc2C1. The number of carbonyl (C=O) groups is 1. The molecule has 4 heterocycles. The van der Waals surface area contributed by atoms with E-state index in [1.165, 1.54) is 29.4 Å². The van der Waals surface area contributed by atoms with Crippen LogP contribution in [0, 0.1) is 0 Å². The standard InChI is InChI=1S/C16H15N5O2S/c22-15(11-2-4-23-9-11)21-3-1-14-12(5-17-6-13(14)8-21)7-18-16-20-19-10-24-16/h2,4-6,9-10H,1,3,7-8H2,(H,18,20). The minimum absolute atomic E-state index is 0.00760. The van der Waals surface area contributed by atoms with Crippen LogP contribution in [0.2, 0.25) is 0 Å².